The fourth-order valence-corrected chi connectivity index (χ4v) is 3.62. The molecule has 3 aromatic rings. The van der Waals surface area contributed by atoms with Crippen LogP contribution in [0.5, 0.6) is 0 Å². The predicted molar refractivity (Wildman–Crippen MR) is 105 cm³/mol. The Kier molecular flexibility index (Phi) is 5.92. The maximum atomic E-state index is 12.5. The molecule has 0 saturated carbocycles. The van der Waals surface area contributed by atoms with Gasteiger partial charge in [0.25, 0.3) is 0 Å². The van der Waals surface area contributed by atoms with E-state index in [9.17, 15) is 9.59 Å². The van der Waals surface area contributed by atoms with E-state index in [0.717, 1.165) is 11.1 Å². The van der Waals surface area contributed by atoms with Gasteiger partial charge in [-0.3, -0.25) is 9.59 Å². The van der Waals surface area contributed by atoms with E-state index in [0.29, 0.717) is 28.5 Å². The van der Waals surface area contributed by atoms with Gasteiger partial charge >= 0.3 is 0 Å². The summed E-state index contributed by atoms with van der Waals surface area (Å²) in [5.41, 5.74) is 2.75. The zero-order valence-electron chi connectivity index (χ0n) is 14.6. The summed E-state index contributed by atoms with van der Waals surface area (Å²) in [6.45, 7) is 1.80. The van der Waals surface area contributed by atoms with Crippen molar-refractivity contribution in [3.8, 4) is 0 Å². The second-order valence-corrected chi connectivity index (χ2v) is 7.05. The van der Waals surface area contributed by atoms with E-state index in [1.807, 2.05) is 60.7 Å². The van der Waals surface area contributed by atoms with Crippen LogP contribution in [-0.4, -0.2) is 16.7 Å². The van der Waals surface area contributed by atoms with Crippen molar-refractivity contribution >= 4 is 28.2 Å². The molecule has 3 rings (SSSR count). The Morgan fingerprint density at radius 1 is 0.962 bits per heavy atom. The molecule has 5 heteroatoms. The predicted octanol–water partition coefficient (Wildman–Crippen LogP) is 4.45. The van der Waals surface area contributed by atoms with Crippen LogP contribution in [0.2, 0.25) is 0 Å². The molecule has 1 amide bonds. The molecule has 1 aromatic heterocycles. The minimum atomic E-state index is -0.131. The van der Waals surface area contributed by atoms with Crippen molar-refractivity contribution in [3.63, 3.8) is 0 Å². The van der Waals surface area contributed by atoms with E-state index >= 15 is 0 Å². The van der Waals surface area contributed by atoms with Gasteiger partial charge in [0.1, 0.15) is 0 Å². The number of thiazole rings is 1. The first-order chi connectivity index (χ1) is 12.6. The summed E-state index contributed by atoms with van der Waals surface area (Å²) < 4.78 is 0. The summed E-state index contributed by atoms with van der Waals surface area (Å²) in [5.74, 6) is -0.0688. The highest BCUT2D eigenvalue weighted by molar-refractivity contribution is 7.17. The highest BCUT2D eigenvalue weighted by Gasteiger charge is 2.16. The molecule has 0 bridgehead atoms. The van der Waals surface area contributed by atoms with Gasteiger partial charge in [-0.1, -0.05) is 72.0 Å². The minimum Gasteiger partial charge on any atom is -0.302 e. The van der Waals surface area contributed by atoms with Crippen LogP contribution in [0.3, 0.4) is 0 Å². The van der Waals surface area contributed by atoms with E-state index in [2.05, 4.69) is 10.3 Å². The number of hydrogen-bond donors (Lipinski definition) is 1. The Hall–Kier alpha value is -2.79. The smallest absolute Gasteiger partial charge is 0.230 e. The van der Waals surface area contributed by atoms with Crippen LogP contribution in [0.15, 0.2) is 60.7 Å². The maximum Gasteiger partial charge on any atom is 0.230 e. The summed E-state index contributed by atoms with van der Waals surface area (Å²) in [6.07, 6.45) is 1.42. The molecule has 0 radical (unpaired) electrons. The number of ketones is 1. The number of nitrogens with zero attached hydrogens (tertiary/aromatic N) is 1. The van der Waals surface area contributed by atoms with Crippen molar-refractivity contribution in [1.29, 1.82) is 0 Å². The van der Waals surface area contributed by atoms with Crippen molar-refractivity contribution in [2.45, 2.75) is 26.2 Å². The largest absolute Gasteiger partial charge is 0.302 e. The van der Waals surface area contributed by atoms with E-state index in [-0.39, 0.29) is 18.1 Å². The highest BCUT2D eigenvalue weighted by atomic mass is 32.1. The lowest BCUT2D eigenvalue weighted by Gasteiger charge is -2.01. The second-order valence-electron chi connectivity index (χ2n) is 6.05. The van der Waals surface area contributed by atoms with Crippen LogP contribution in [0.4, 0.5) is 5.13 Å². The van der Waals surface area contributed by atoms with Crippen molar-refractivity contribution in [3.05, 3.63) is 82.4 Å². The maximum absolute atomic E-state index is 12.5. The quantitative estimate of drug-likeness (QED) is 0.630. The van der Waals surface area contributed by atoms with Gasteiger partial charge in [0.2, 0.25) is 5.91 Å². The van der Waals surface area contributed by atoms with E-state index in [4.69, 9.17) is 0 Å². The Morgan fingerprint density at radius 2 is 1.58 bits per heavy atom. The zero-order chi connectivity index (χ0) is 18.4. The summed E-state index contributed by atoms with van der Waals surface area (Å²) in [5, 5.41) is 3.27. The van der Waals surface area contributed by atoms with Crippen LogP contribution in [0, 0.1) is 6.92 Å². The fraction of sp³-hybridized carbons (Fsp3) is 0.190. The Labute approximate surface area is 156 Å². The van der Waals surface area contributed by atoms with Crippen LogP contribution in [-0.2, 0) is 17.6 Å². The number of hydrogen-bond acceptors (Lipinski definition) is 4. The van der Waals surface area contributed by atoms with Crippen LogP contribution in [0.1, 0.15) is 32.9 Å². The second kappa shape index (κ2) is 8.54. The molecule has 0 saturated heterocycles. The third kappa shape index (κ3) is 4.86. The summed E-state index contributed by atoms with van der Waals surface area (Å²) >= 11 is 1.25. The number of anilines is 1. The van der Waals surface area contributed by atoms with Gasteiger partial charge < -0.3 is 5.32 Å². The van der Waals surface area contributed by atoms with Gasteiger partial charge in [-0.05, 0) is 24.5 Å². The fourth-order valence-electron chi connectivity index (χ4n) is 2.67. The number of benzene rings is 2. The molecular formula is C21H20N2O2S. The molecule has 0 aliphatic carbocycles. The number of Topliss-reactive ketones (excluding diaryl/α,β-unsaturated/α-hetero) is 1. The summed E-state index contributed by atoms with van der Waals surface area (Å²) in [6, 6.07) is 19.5. The number of carbonyl (C=O) groups excluding carboxylic acids is 2. The molecule has 0 unspecified atom stereocenters. The SMILES string of the molecule is Cc1nc(NC(=O)Cc2ccccc2)sc1C(=O)CCc1ccccc1. The van der Waals surface area contributed by atoms with Crippen molar-refractivity contribution < 1.29 is 9.59 Å². The number of aromatic nitrogens is 1. The third-order valence-corrected chi connectivity index (χ3v) is 5.10. The molecule has 4 nitrogen and oxygen atoms in total. The van der Waals surface area contributed by atoms with E-state index in [1.54, 1.807) is 6.92 Å². The highest BCUT2D eigenvalue weighted by Crippen LogP contribution is 2.24. The van der Waals surface area contributed by atoms with Crippen LogP contribution >= 0.6 is 11.3 Å². The van der Waals surface area contributed by atoms with Crippen molar-refractivity contribution in [1.82, 2.24) is 4.98 Å². The van der Waals surface area contributed by atoms with Gasteiger partial charge in [-0.2, -0.15) is 0 Å². The lowest BCUT2D eigenvalue weighted by molar-refractivity contribution is -0.115. The number of nitrogens with one attached hydrogen (secondary N) is 1. The molecule has 26 heavy (non-hydrogen) atoms. The average molecular weight is 364 g/mol. The monoisotopic (exact) mass is 364 g/mol. The molecule has 2 aromatic carbocycles. The molecule has 132 valence electrons. The molecule has 0 aliphatic heterocycles. The Morgan fingerprint density at radius 3 is 2.23 bits per heavy atom. The molecule has 1 heterocycles. The molecule has 0 atom stereocenters. The van der Waals surface area contributed by atoms with Gasteiger partial charge in [0.05, 0.1) is 17.0 Å². The molecule has 0 aliphatic rings. The Bertz CT molecular complexity index is 889. The lowest BCUT2D eigenvalue weighted by atomic mass is 10.1. The molecule has 0 spiro atoms. The number of rotatable bonds is 7. The summed E-state index contributed by atoms with van der Waals surface area (Å²) in [4.78, 5) is 29.6. The van der Waals surface area contributed by atoms with Crippen LogP contribution < -0.4 is 5.32 Å². The van der Waals surface area contributed by atoms with Gasteiger partial charge in [-0.15, -0.1) is 0 Å². The molecular weight excluding hydrogens is 344 g/mol. The number of amides is 1. The van der Waals surface area contributed by atoms with Crippen LogP contribution in [0.25, 0.3) is 0 Å². The minimum absolute atomic E-state index is 0.0624. The number of carbonyl (C=O) groups is 2. The standard InChI is InChI=1S/C21H20N2O2S/c1-15-20(18(24)13-12-16-8-4-2-5-9-16)26-21(22-15)23-19(25)14-17-10-6-3-7-11-17/h2-11H,12-14H2,1H3,(H,22,23,25). The number of aryl methyl sites for hydroxylation is 2. The first kappa shape index (κ1) is 18.0. The Balaban J connectivity index is 1.59. The summed E-state index contributed by atoms with van der Waals surface area (Å²) in [7, 11) is 0. The lowest BCUT2D eigenvalue weighted by Crippen LogP contribution is -2.14. The first-order valence-corrected chi connectivity index (χ1v) is 9.32. The zero-order valence-corrected chi connectivity index (χ0v) is 15.4. The van der Waals surface area contributed by atoms with Gasteiger partial charge in [0.15, 0.2) is 10.9 Å². The average Bonchev–Trinajstić information content (AvgIpc) is 3.01. The first-order valence-electron chi connectivity index (χ1n) is 8.50. The molecule has 0 fully saturated rings. The van der Waals surface area contributed by atoms with Gasteiger partial charge in [0, 0.05) is 6.42 Å². The topological polar surface area (TPSA) is 59.1 Å². The van der Waals surface area contributed by atoms with E-state index < -0.39 is 0 Å². The third-order valence-electron chi connectivity index (χ3n) is 3.99. The van der Waals surface area contributed by atoms with Gasteiger partial charge in [-0.25, -0.2) is 4.98 Å². The molecule has 1 N–H and O–H groups in total. The normalized spacial score (nSPS) is 10.5. The van der Waals surface area contributed by atoms with E-state index in [1.165, 1.54) is 11.3 Å². The van der Waals surface area contributed by atoms with Crippen molar-refractivity contribution in [2.24, 2.45) is 0 Å². The van der Waals surface area contributed by atoms with Crippen molar-refractivity contribution in [2.75, 3.05) is 5.32 Å².